The summed E-state index contributed by atoms with van der Waals surface area (Å²) in [7, 11) is 0. The van der Waals surface area contributed by atoms with E-state index in [1.165, 1.54) is 12.4 Å². The Morgan fingerprint density at radius 2 is 1.93 bits per heavy atom. The molecule has 1 amide bonds. The molecule has 0 fully saturated rings. The molecule has 2 heterocycles. The summed E-state index contributed by atoms with van der Waals surface area (Å²) in [6.45, 7) is 0. The van der Waals surface area contributed by atoms with Crippen LogP contribution in [0.5, 0.6) is 0 Å². The first-order valence-electron chi connectivity index (χ1n) is 8.77. The van der Waals surface area contributed by atoms with Crippen LogP contribution in [0.4, 0.5) is 10.3 Å². The smallest absolute Gasteiger partial charge is 0.241 e. The molecule has 0 radical (unpaired) electrons. The zero-order valence-electron chi connectivity index (χ0n) is 15.3. The standard InChI is InChI=1S/C21H13Cl2FN4O2/c22-14-6-5-13(9-15(14)23)20-19(17-7-8-25-11-26-17)21(30-28-20)27-18(29)10-12-3-1-2-4-16(12)24/h1-9,11H,10H2,(H,27,29). The number of rotatable bonds is 5. The van der Waals surface area contributed by atoms with Crippen molar-refractivity contribution in [1.29, 1.82) is 0 Å². The van der Waals surface area contributed by atoms with Crippen LogP contribution in [-0.4, -0.2) is 21.0 Å². The minimum atomic E-state index is -0.466. The lowest BCUT2D eigenvalue weighted by atomic mass is 10.0. The summed E-state index contributed by atoms with van der Waals surface area (Å²) in [5, 5.41) is 7.47. The maximum atomic E-state index is 13.9. The highest BCUT2D eigenvalue weighted by atomic mass is 35.5. The zero-order valence-corrected chi connectivity index (χ0v) is 16.8. The highest BCUT2D eigenvalue weighted by Gasteiger charge is 2.23. The van der Waals surface area contributed by atoms with Gasteiger partial charge < -0.3 is 4.52 Å². The van der Waals surface area contributed by atoms with Crippen molar-refractivity contribution in [2.24, 2.45) is 0 Å². The van der Waals surface area contributed by atoms with E-state index in [1.807, 2.05) is 0 Å². The van der Waals surface area contributed by atoms with Crippen LogP contribution in [0.1, 0.15) is 5.56 Å². The van der Waals surface area contributed by atoms with E-state index in [0.29, 0.717) is 32.6 Å². The quantitative estimate of drug-likeness (QED) is 0.445. The van der Waals surface area contributed by atoms with E-state index >= 15 is 0 Å². The molecule has 4 rings (SSSR count). The second kappa shape index (κ2) is 8.61. The molecule has 0 saturated carbocycles. The van der Waals surface area contributed by atoms with Crippen molar-refractivity contribution in [3.05, 3.63) is 82.5 Å². The van der Waals surface area contributed by atoms with E-state index in [2.05, 4.69) is 20.4 Å². The van der Waals surface area contributed by atoms with E-state index in [4.69, 9.17) is 27.7 Å². The van der Waals surface area contributed by atoms with Crippen molar-refractivity contribution in [3.8, 4) is 22.5 Å². The molecular weight excluding hydrogens is 430 g/mol. The summed E-state index contributed by atoms with van der Waals surface area (Å²) in [4.78, 5) is 20.7. The van der Waals surface area contributed by atoms with Crippen LogP contribution >= 0.6 is 23.2 Å². The Morgan fingerprint density at radius 3 is 2.67 bits per heavy atom. The zero-order chi connectivity index (χ0) is 21.1. The van der Waals surface area contributed by atoms with Gasteiger partial charge in [-0.05, 0) is 29.8 Å². The average molecular weight is 443 g/mol. The number of hydrogen-bond donors (Lipinski definition) is 1. The molecule has 0 unspecified atom stereocenters. The molecule has 150 valence electrons. The molecule has 4 aromatic rings. The number of nitrogens with zero attached hydrogens (tertiary/aromatic N) is 3. The van der Waals surface area contributed by atoms with Gasteiger partial charge in [0.1, 0.15) is 17.8 Å². The Kier molecular flexibility index (Phi) is 5.74. The van der Waals surface area contributed by atoms with Crippen molar-refractivity contribution in [2.45, 2.75) is 6.42 Å². The monoisotopic (exact) mass is 442 g/mol. The van der Waals surface area contributed by atoms with Gasteiger partial charge in [-0.2, -0.15) is 0 Å². The molecule has 0 aliphatic carbocycles. The van der Waals surface area contributed by atoms with Gasteiger partial charge in [0.05, 0.1) is 27.7 Å². The Balaban J connectivity index is 1.71. The molecule has 6 nitrogen and oxygen atoms in total. The minimum Gasteiger partial charge on any atom is -0.337 e. The van der Waals surface area contributed by atoms with E-state index in [9.17, 15) is 9.18 Å². The van der Waals surface area contributed by atoms with Gasteiger partial charge in [0, 0.05) is 11.8 Å². The molecule has 0 atom stereocenters. The number of amides is 1. The predicted octanol–water partition coefficient (Wildman–Crippen LogP) is 5.43. The van der Waals surface area contributed by atoms with Gasteiger partial charge in [0.15, 0.2) is 0 Å². The molecule has 0 saturated heterocycles. The molecule has 1 N–H and O–H groups in total. The van der Waals surface area contributed by atoms with Crippen LogP contribution in [-0.2, 0) is 11.2 Å². The summed E-state index contributed by atoms with van der Waals surface area (Å²) in [6, 6.07) is 12.7. The molecule has 0 aliphatic rings. The molecule has 30 heavy (non-hydrogen) atoms. The molecular formula is C21H13Cl2FN4O2. The van der Waals surface area contributed by atoms with Crippen LogP contribution in [0.3, 0.4) is 0 Å². The second-order valence-corrected chi connectivity index (χ2v) is 7.09. The van der Waals surface area contributed by atoms with Gasteiger partial charge in [-0.1, -0.05) is 52.6 Å². The van der Waals surface area contributed by atoms with Crippen molar-refractivity contribution >= 4 is 35.0 Å². The van der Waals surface area contributed by atoms with Crippen LogP contribution in [0.15, 0.2) is 65.6 Å². The Bertz CT molecular complexity index is 1210. The summed E-state index contributed by atoms with van der Waals surface area (Å²) in [5.41, 5.74) is 2.22. The highest BCUT2D eigenvalue weighted by molar-refractivity contribution is 6.42. The van der Waals surface area contributed by atoms with Crippen LogP contribution < -0.4 is 5.32 Å². The number of aromatic nitrogens is 3. The SMILES string of the molecule is O=C(Cc1ccccc1F)Nc1onc(-c2ccc(Cl)c(Cl)c2)c1-c1ccncn1. The highest BCUT2D eigenvalue weighted by Crippen LogP contribution is 2.38. The first-order chi connectivity index (χ1) is 14.5. The molecule has 2 aromatic carbocycles. The second-order valence-electron chi connectivity index (χ2n) is 6.28. The molecule has 0 aliphatic heterocycles. The van der Waals surface area contributed by atoms with Gasteiger partial charge >= 0.3 is 0 Å². The number of carbonyl (C=O) groups is 1. The number of hydrogen-bond acceptors (Lipinski definition) is 5. The van der Waals surface area contributed by atoms with Gasteiger partial charge in [-0.3, -0.25) is 10.1 Å². The number of carbonyl (C=O) groups excluding carboxylic acids is 1. The molecule has 2 aromatic heterocycles. The summed E-state index contributed by atoms with van der Waals surface area (Å²) in [6.07, 6.45) is 2.75. The first kappa shape index (κ1) is 20.0. The minimum absolute atomic E-state index is 0.0797. The maximum Gasteiger partial charge on any atom is 0.241 e. The average Bonchev–Trinajstić information content (AvgIpc) is 3.15. The maximum absolute atomic E-state index is 13.9. The van der Waals surface area contributed by atoms with E-state index in [-0.39, 0.29) is 17.9 Å². The van der Waals surface area contributed by atoms with Crippen LogP contribution in [0, 0.1) is 5.82 Å². The van der Waals surface area contributed by atoms with Gasteiger partial charge in [0.25, 0.3) is 0 Å². The van der Waals surface area contributed by atoms with Gasteiger partial charge in [0.2, 0.25) is 11.8 Å². The Labute approximate surface area is 180 Å². The fourth-order valence-corrected chi connectivity index (χ4v) is 3.18. The van der Waals surface area contributed by atoms with Gasteiger partial charge in [-0.15, -0.1) is 0 Å². The third-order valence-electron chi connectivity index (χ3n) is 4.29. The fourth-order valence-electron chi connectivity index (χ4n) is 2.88. The number of nitrogens with one attached hydrogen (secondary N) is 1. The molecule has 9 heteroatoms. The van der Waals surface area contributed by atoms with E-state index in [1.54, 1.807) is 48.7 Å². The fraction of sp³-hybridized carbons (Fsp3) is 0.0476. The third-order valence-corrected chi connectivity index (χ3v) is 5.02. The predicted molar refractivity (Wildman–Crippen MR) is 112 cm³/mol. The Hall–Kier alpha value is -3.29. The number of halogens is 3. The Morgan fingerprint density at radius 1 is 1.10 bits per heavy atom. The van der Waals surface area contributed by atoms with Crippen LogP contribution in [0.25, 0.3) is 22.5 Å². The van der Waals surface area contributed by atoms with Crippen LogP contribution in [0.2, 0.25) is 10.0 Å². The lowest BCUT2D eigenvalue weighted by Crippen LogP contribution is -2.15. The first-order valence-corrected chi connectivity index (χ1v) is 9.53. The van der Waals surface area contributed by atoms with E-state index < -0.39 is 11.7 Å². The summed E-state index contributed by atoms with van der Waals surface area (Å²) >= 11 is 12.1. The number of benzene rings is 2. The third kappa shape index (κ3) is 4.17. The normalized spacial score (nSPS) is 10.8. The van der Waals surface area contributed by atoms with Crippen molar-refractivity contribution in [1.82, 2.24) is 15.1 Å². The van der Waals surface area contributed by atoms with Crippen molar-refractivity contribution < 1.29 is 13.7 Å². The van der Waals surface area contributed by atoms with E-state index in [0.717, 1.165) is 0 Å². The van der Waals surface area contributed by atoms with Crippen molar-refractivity contribution in [3.63, 3.8) is 0 Å². The topological polar surface area (TPSA) is 80.9 Å². The molecule has 0 bridgehead atoms. The number of anilines is 1. The molecule has 0 spiro atoms. The van der Waals surface area contributed by atoms with Gasteiger partial charge in [-0.25, -0.2) is 14.4 Å². The summed E-state index contributed by atoms with van der Waals surface area (Å²) in [5.74, 6) is -0.846. The summed E-state index contributed by atoms with van der Waals surface area (Å²) < 4.78 is 19.3. The lowest BCUT2D eigenvalue weighted by molar-refractivity contribution is -0.115. The lowest BCUT2D eigenvalue weighted by Gasteiger charge is -2.07. The largest absolute Gasteiger partial charge is 0.337 e. The van der Waals surface area contributed by atoms with Crippen molar-refractivity contribution in [2.75, 3.05) is 5.32 Å².